The van der Waals surface area contributed by atoms with Gasteiger partial charge in [-0.15, -0.1) is 0 Å². The number of hydrogen-bond donors (Lipinski definition) is 0. The molecular weight excluding hydrogens is 163 g/mol. The van der Waals surface area contributed by atoms with Gasteiger partial charge in [0, 0.05) is 10.4 Å². The van der Waals surface area contributed by atoms with E-state index in [9.17, 15) is 0 Å². The predicted molar refractivity (Wildman–Crippen MR) is 33.4 cm³/mol. The fraction of sp³-hybridized carbons (Fsp3) is 0.500. The molecule has 0 aliphatic rings. The van der Waals surface area contributed by atoms with Crippen LogP contribution in [0, 0.1) is 0 Å². The summed E-state index contributed by atoms with van der Waals surface area (Å²) in [4.78, 5) is 0. The van der Waals surface area contributed by atoms with Gasteiger partial charge in [-0.05, 0) is 6.92 Å². The van der Waals surface area contributed by atoms with Gasteiger partial charge in [-0.3, -0.25) is 0 Å². The molecule has 0 N–H and O–H groups in total. The Morgan fingerprint density at radius 2 is 2.50 bits per heavy atom. The topological polar surface area (TPSA) is 0 Å². The zero-order valence-corrected chi connectivity index (χ0v) is 5.88. The summed E-state index contributed by atoms with van der Waals surface area (Å²) in [5.41, 5.74) is 0. The maximum absolute atomic E-state index is 5.46. The average Bonchev–Trinajstić information content (AvgIpc) is 1.65. The summed E-state index contributed by atoms with van der Waals surface area (Å²) in [5.74, 6) is 0. The lowest BCUT2D eigenvalue weighted by atomic mass is 10.6. The summed E-state index contributed by atoms with van der Waals surface area (Å²) in [7, 11) is 0. The highest BCUT2D eigenvalue weighted by molar-refractivity contribution is 9.09. The lowest BCUT2D eigenvalue weighted by molar-refractivity contribution is 1.62. The van der Waals surface area contributed by atoms with Crippen LogP contribution in [0.4, 0.5) is 0 Å². The third-order valence-corrected chi connectivity index (χ3v) is 1.72. The van der Waals surface area contributed by atoms with E-state index in [0.717, 1.165) is 10.4 Å². The van der Waals surface area contributed by atoms with E-state index in [1.807, 2.05) is 13.0 Å². The molecule has 0 heterocycles. The SMILES string of the molecule is C/C=C(/Cl)CBr. The molecule has 0 unspecified atom stereocenters. The smallest absolute Gasteiger partial charge is 0.0387 e. The second-order valence-corrected chi connectivity index (χ2v) is 1.92. The van der Waals surface area contributed by atoms with E-state index in [-0.39, 0.29) is 0 Å². The molecule has 0 nitrogen and oxygen atoms in total. The molecular formula is C4H6BrCl. The number of alkyl halides is 1. The van der Waals surface area contributed by atoms with Crippen molar-refractivity contribution in [1.82, 2.24) is 0 Å². The lowest BCUT2D eigenvalue weighted by Crippen LogP contribution is -1.64. The van der Waals surface area contributed by atoms with Gasteiger partial charge in [-0.1, -0.05) is 33.6 Å². The monoisotopic (exact) mass is 168 g/mol. The number of hydrogen-bond acceptors (Lipinski definition) is 0. The van der Waals surface area contributed by atoms with Gasteiger partial charge in [-0.25, -0.2) is 0 Å². The van der Waals surface area contributed by atoms with Crippen LogP contribution in [0.2, 0.25) is 0 Å². The van der Waals surface area contributed by atoms with Gasteiger partial charge in [-0.2, -0.15) is 0 Å². The van der Waals surface area contributed by atoms with Crippen LogP contribution in [0.1, 0.15) is 6.92 Å². The molecule has 0 aromatic rings. The van der Waals surface area contributed by atoms with Gasteiger partial charge in [0.2, 0.25) is 0 Å². The normalized spacial score (nSPS) is 12.2. The number of rotatable bonds is 1. The van der Waals surface area contributed by atoms with Gasteiger partial charge >= 0.3 is 0 Å². The fourth-order valence-electron chi connectivity index (χ4n) is 0.0772. The van der Waals surface area contributed by atoms with Crippen molar-refractivity contribution in [2.45, 2.75) is 6.92 Å². The molecule has 0 atom stereocenters. The molecule has 0 aromatic carbocycles. The van der Waals surface area contributed by atoms with Crippen molar-refractivity contribution >= 4 is 27.5 Å². The van der Waals surface area contributed by atoms with E-state index in [4.69, 9.17) is 11.6 Å². The van der Waals surface area contributed by atoms with Crippen molar-refractivity contribution in [3.8, 4) is 0 Å². The molecule has 6 heavy (non-hydrogen) atoms. The first-order valence-corrected chi connectivity index (χ1v) is 3.18. The first-order valence-electron chi connectivity index (χ1n) is 1.68. The summed E-state index contributed by atoms with van der Waals surface area (Å²) in [6.07, 6.45) is 1.86. The van der Waals surface area contributed by atoms with Crippen molar-refractivity contribution in [2.75, 3.05) is 5.33 Å². The van der Waals surface area contributed by atoms with Crippen LogP contribution in [-0.2, 0) is 0 Å². The van der Waals surface area contributed by atoms with Crippen LogP contribution in [0.5, 0.6) is 0 Å². The number of halogens is 2. The standard InChI is InChI=1S/C4H6BrCl/c1-2-4(6)3-5/h2H,3H2,1H3/b4-2+. The van der Waals surface area contributed by atoms with E-state index in [1.54, 1.807) is 0 Å². The molecule has 0 saturated carbocycles. The zero-order valence-electron chi connectivity index (χ0n) is 3.54. The van der Waals surface area contributed by atoms with Crippen molar-refractivity contribution in [1.29, 1.82) is 0 Å². The lowest BCUT2D eigenvalue weighted by Gasteiger charge is -1.79. The third-order valence-electron chi connectivity index (χ3n) is 0.441. The molecule has 0 spiro atoms. The Labute approximate surface area is 51.3 Å². The Morgan fingerprint density at radius 1 is 2.00 bits per heavy atom. The van der Waals surface area contributed by atoms with Crippen LogP contribution in [-0.4, -0.2) is 5.33 Å². The molecule has 0 rings (SSSR count). The van der Waals surface area contributed by atoms with E-state index < -0.39 is 0 Å². The van der Waals surface area contributed by atoms with Gasteiger partial charge in [0.05, 0.1) is 0 Å². The van der Waals surface area contributed by atoms with E-state index in [2.05, 4.69) is 15.9 Å². The highest BCUT2D eigenvalue weighted by Crippen LogP contribution is 2.02. The van der Waals surface area contributed by atoms with Crippen LogP contribution >= 0.6 is 27.5 Å². The molecule has 0 aliphatic heterocycles. The van der Waals surface area contributed by atoms with Crippen molar-refractivity contribution in [3.63, 3.8) is 0 Å². The second kappa shape index (κ2) is 3.69. The predicted octanol–water partition coefficient (Wildman–Crippen LogP) is 2.52. The summed E-state index contributed by atoms with van der Waals surface area (Å²) >= 11 is 8.64. The minimum absolute atomic E-state index is 0.769. The third kappa shape index (κ3) is 2.73. The van der Waals surface area contributed by atoms with E-state index >= 15 is 0 Å². The molecule has 0 saturated heterocycles. The molecule has 0 amide bonds. The second-order valence-electron chi connectivity index (χ2n) is 0.869. The van der Waals surface area contributed by atoms with Crippen molar-refractivity contribution in [2.24, 2.45) is 0 Å². The largest absolute Gasteiger partial charge is 0.0886 e. The van der Waals surface area contributed by atoms with Gasteiger partial charge in [0.1, 0.15) is 0 Å². The van der Waals surface area contributed by atoms with Gasteiger partial charge in [0.15, 0.2) is 0 Å². The molecule has 36 valence electrons. The minimum atomic E-state index is 0.769. The Morgan fingerprint density at radius 3 is 2.50 bits per heavy atom. The Bertz CT molecular complexity index is 58.6. The molecule has 2 heteroatoms. The van der Waals surface area contributed by atoms with Crippen LogP contribution in [0.15, 0.2) is 11.1 Å². The quantitative estimate of drug-likeness (QED) is 0.529. The summed E-state index contributed by atoms with van der Waals surface area (Å²) in [6, 6.07) is 0. The highest BCUT2D eigenvalue weighted by Gasteiger charge is 1.78. The molecule has 0 bridgehead atoms. The minimum Gasteiger partial charge on any atom is -0.0886 e. The Hall–Kier alpha value is 0.510. The van der Waals surface area contributed by atoms with E-state index in [1.165, 1.54) is 0 Å². The highest BCUT2D eigenvalue weighted by atomic mass is 79.9. The average molecular weight is 169 g/mol. The maximum Gasteiger partial charge on any atom is 0.0387 e. The molecule has 0 aromatic heterocycles. The zero-order chi connectivity index (χ0) is 4.99. The van der Waals surface area contributed by atoms with Crippen molar-refractivity contribution in [3.05, 3.63) is 11.1 Å². The molecule has 0 fully saturated rings. The summed E-state index contributed by atoms with van der Waals surface area (Å²) in [5, 5.41) is 1.63. The molecule has 0 radical (unpaired) electrons. The molecule has 0 aliphatic carbocycles. The summed E-state index contributed by atoms with van der Waals surface area (Å²) in [6.45, 7) is 1.91. The Balaban J connectivity index is 3.22. The Kier molecular flexibility index (Phi) is 4.01. The first kappa shape index (κ1) is 6.51. The first-order chi connectivity index (χ1) is 2.81. The van der Waals surface area contributed by atoms with Crippen LogP contribution in [0.3, 0.4) is 0 Å². The van der Waals surface area contributed by atoms with E-state index in [0.29, 0.717) is 0 Å². The van der Waals surface area contributed by atoms with Crippen molar-refractivity contribution < 1.29 is 0 Å². The maximum atomic E-state index is 5.46. The van der Waals surface area contributed by atoms with Crippen LogP contribution in [0.25, 0.3) is 0 Å². The van der Waals surface area contributed by atoms with Gasteiger partial charge in [0.25, 0.3) is 0 Å². The fourth-order valence-corrected chi connectivity index (χ4v) is 0.401. The van der Waals surface area contributed by atoms with Gasteiger partial charge < -0.3 is 0 Å². The number of allylic oxidation sites excluding steroid dienone is 2. The van der Waals surface area contributed by atoms with Crippen LogP contribution < -0.4 is 0 Å². The summed E-state index contributed by atoms with van der Waals surface area (Å²) < 4.78 is 0.